The Hall–Kier alpha value is -2.24. The van der Waals surface area contributed by atoms with Crippen molar-refractivity contribution in [3.8, 4) is 5.75 Å². The van der Waals surface area contributed by atoms with Crippen molar-refractivity contribution in [3.63, 3.8) is 0 Å². The largest absolute Gasteiger partial charge is 0.495 e. The Morgan fingerprint density at radius 1 is 1.36 bits per heavy atom. The number of methoxy groups -OCH3 is 1. The predicted molar refractivity (Wildman–Crippen MR) is 79.2 cm³/mol. The Morgan fingerprint density at radius 3 is 2.64 bits per heavy atom. The molecule has 3 rings (SSSR count). The normalized spacial score (nSPS) is 17.8. The van der Waals surface area contributed by atoms with Gasteiger partial charge in [-0.2, -0.15) is 0 Å². The van der Waals surface area contributed by atoms with Crippen molar-refractivity contribution in [3.05, 3.63) is 35.0 Å². The van der Waals surface area contributed by atoms with E-state index in [1.54, 1.807) is 12.1 Å². The number of ether oxygens (including phenoxy) is 1. The van der Waals surface area contributed by atoms with Gasteiger partial charge in [0.15, 0.2) is 27.2 Å². The lowest BCUT2D eigenvalue weighted by atomic mass is 10.0. The van der Waals surface area contributed by atoms with Gasteiger partial charge >= 0.3 is 0 Å². The minimum absolute atomic E-state index is 0.0854. The van der Waals surface area contributed by atoms with Crippen LogP contribution in [0.4, 0.5) is 0 Å². The molecule has 1 aliphatic heterocycles. The van der Waals surface area contributed by atoms with E-state index in [4.69, 9.17) is 9.57 Å². The predicted octanol–water partition coefficient (Wildman–Crippen LogP) is 1.47. The van der Waals surface area contributed by atoms with Crippen molar-refractivity contribution in [2.24, 2.45) is 5.92 Å². The number of hydroxylamine groups is 1. The molecule has 0 radical (unpaired) electrons. The standard InChI is InChI=1S/C15H15NO5S/c1-20-12-6-5-10(7-13(12)22(2,18)19)15-14(9-3-4-9)11(8-17)16-21-15/h5-7,9,16H,3-4H2,1-2H3. The maximum atomic E-state index is 11.9. The van der Waals surface area contributed by atoms with Gasteiger partial charge in [0, 0.05) is 17.4 Å². The molecule has 0 saturated heterocycles. The second kappa shape index (κ2) is 5.19. The van der Waals surface area contributed by atoms with Crippen LogP contribution < -0.4 is 10.2 Å². The highest BCUT2D eigenvalue weighted by molar-refractivity contribution is 7.90. The topological polar surface area (TPSA) is 81.7 Å². The van der Waals surface area contributed by atoms with Gasteiger partial charge in [0.25, 0.3) is 0 Å². The number of hydrogen-bond acceptors (Lipinski definition) is 6. The Kier molecular flexibility index (Phi) is 3.47. The van der Waals surface area contributed by atoms with Crippen molar-refractivity contribution in [1.29, 1.82) is 0 Å². The molecule has 0 amide bonds. The fourth-order valence-electron chi connectivity index (χ4n) is 2.49. The van der Waals surface area contributed by atoms with E-state index in [-0.39, 0.29) is 22.3 Å². The first-order valence-electron chi connectivity index (χ1n) is 6.76. The molecule has 1 heterocycles. The van der Waals surface area contributed by atoms with Crippen LogP contribution in [0.5, 0.6) is 5.75 Å². The van der Waals surface area contributed by atoms with Crippen LogP contribution in [0.1, 0.15) is 18.4 Å². The van der Waals surface area contributed by atoms with Gasteiger partial charge < -0.3 is 9.57 Å². The molecule has 0 atom stereocenters. The Labute approximate surface area is 128 Å². The third kappa shape index (κ3) is 2.49. The van der Waals surface area contributed by atoms with Gasteiger partial charge in [-0.25, -0.2) is 18.7 Å². The second-order valence-corrected chi connectivity index (χ2v) is 7.32. The van der Waals surface area contributed by atoms with E-state index in [9.17, 15) is 13.2 Å². The van der Waals surface area contributed by atoms with E-state index in [0.29, 0.717) is 11.3 Å². The zero-order valence-corrected chi connectivity index (χ0v) is 13.0. The van der Waals surface area contributed by atoms with Crippen LogP contribution in [0.25, 0.3) is 5.76 Å². The molecule has 1 aliphatic carbocycles. The maximum Gasteiger partial charge on any atom is 0.179 e. The van der Waals surface area contributed by atoms with Gasteiger partial charge in [0.05, 0.1) is 7.11 Å². The van der Waals surface area contributed by atoms with Gasteiger partial charge in [-0.1, -0.05) is 0 Å². The number of nitrogens with one attached hydrogen (secondary N) is 1. The number of carbonyl (C=O) groups excluding carboxylic acids is 1. The summed E-state index contributed by atoms with van der Waals surface area (Å²) < 4.78 is 28.9. The second-order valence-electron chi connectivity index (χ2n) is 5.34. The fourth-order valence-corrected chi connectivity index (χ4v) is 3.34. The van der Waals surface area contributed by atoms with E-state index in [1.807, 2.05) is 5.94 Å². The third-order valence-corrected chi connectivity index (χ3v) is 4.80. The minimum atomic E-state index is -3.45. The van der Waals surface area contributed by atoms with Crippen LogP contribution in [0.15, 0.2) is 34.4 Å². The summed E-state index contributed by atoms with van der Waals surface area (Å²) in [5.41, 5.74) is 4.19. The summed E-state index contributed by atoms with van der Waals surface area (Å²) in [6, 6.07) is 4.79. The maximum absolute atomic E-state index is 11.9. The minimum Gasteiger partial charge on any atom is -0.495 e. The molecule has 22 heavy (non-hydrogen) atoms. The quantitative estimate of drug-likeness (QED) is 0.846. The molecule has 1 aromatic rings. The summed E-state index contributed by atoms with van der Waals surface area (Å²) in [6.07, 6.45) is 3.07. The van der Waals surface area contributed by atoms with Crippen molar-refractivity contribution in [2.75, 3.05) is 13.4 Å². The molecule has 0 bridgehead atoms. The van der Waals surface area contributed by atoms with Crippen molar-refractivity contribution < 1.29 is 22.8 Å². The summed E-state index contributed by atoms with van der Waals surface area (Å²) in [7, 11) is -2.03. The third-order valence-electron chi connectivity index (χ3n) is 3.68. The molecule has 1 saturated carbocycles. The number of sulfone groups is 1. The number of allylic oxidation sites excluding steroid dienone is 1. The Morgan fingerprint density at radius 2 is 2.09 bits per heavy atom. The highest BCUT2D eigenvalue weighted by Crippen LogP contribution is 2.45. The monoisotopic (exact) mass is 321 g/mol. The van der Waals surface area contributed by atoms with E-state index in [1.165, 1.54) is 13.2 Å². The molecule has 1 fully saturated rings. The zero-order valence-electron chi connectivity index (χ0n) is 12.2. The molecule has 0 spiro atoms. The molecule has 0 aromatic heterocycles. The summed E-state index contributed by atoms with van der Waals surface area (Å²) in [6.45, 7) is 0. The van der Waals surface area contributed by atoms with E-state index in [0.717, 1.165) is 24.7 Å². The number of benzene rings is 1. The van der Waals surface area contributed by atoms with E-state index >= 15 is 0 Å². The average Bonchev–Trinajstić information content (AvgIpc) is 3.24. The SMILES string of the molecule is COc1ccc(C2=C(C3CC3)C(=C=O)NO2)cc1S(C)(=O)=O. The average molecular weight is 321 g/mol. The molecule has 116 valence electrons. The van der Waals surface area contributed by atoms with Gasteiger partial charge in [0.1, 0.15) is 10.6 Å². The lowest BCUT2D eigenvalue weighted by Crippen LogP contribution is -2.06. The lowest BCUT2D eigenvalue weighted by Gasteiger charge is -2.10. The van der Waals surface area contributed by atoms with Crippen LogP contribution in [-0.4, -0.2) is 27.7 Å². The summed E-state index contributed by atoms with van der Waals surface area (Å²) >= 11 is 0. The Balaban J connectivity index is 2.17. The number of rotatable bonds is 4. The molecule has 2 aliphatic rings. The molecule has 1 aromatic carbocycles. The summed E-state index contributed by atoms with van der Waals surface area (Å²) in [5.74, 6) is 2.84. The van der Waals surface area contributed by atoms with Crippen LogP contribution >= 0.6 is 0 Å². The Bertz CT molecular complexity index is 814. The molecular formula is C15H15NO5S. The van der Waals surface area contributed by atoms with Crippen molar-refractivity contribution >= 4 is 21.5 Å². The fraction of sp³-hybridized carbons (Fsp3) is 0.333. The number of hydrogen-bond donors (Lipinski definition) is 1. The lowest BCUT2D eigenvalue weighted by molar-refractivity contribution is 0.211. The van der Waals surface area contributed by atoms with Crippen molar-refractivity contribution in [2.45, 2.75) is 17.7 Å². The van der Waals surface area contributed by atoms with Gasteiger partial charge in [0.2, 0.25) is 0 Å². The van der Waals surface area contributed by atoms with Gasteiger partial charge in [-0.15, -0.1) is 0 Å². The van der Waals surface area contributed by atoms with Crippen LogP contribution in [0.2, 0.25) is 0 Å². The van der Waals surface area contributed by atoms with Crippen LogP contribution in [0.3, 0.4) is 0 Å². The highest BCUT2D eigenvalue weighted by Gasteiger charge is 2.37. The van der Waals surface area contributed by atoms with Crippen molar-refractivity contribution in [1.82, 2.24) is 5.48 Å². The summed E-state index contributed by atoms with van der Waals surface area (Å²) in [5, 5.41) is 0. The first-order valence-corrected chi connectivity index (χ1v) is 8.66. The first kappa shape index (κ1) is 14.7. The zero-order chi connectivity index (χ0) is 15.9. The highest BCUT2D eigenvalue weighted by atomic mass is 32.2. The van der Waals surface area contributed by atoms with Crippen LogP contribution in [0, 0.1) is 5.92 Å². The van der Waals surface area contributed by atoms with E-state index < -0.39 is 9.84 Å². The molecular weight excluding hydrogens is 306 g/mol. The van der Waals surface area contributed by atoms with Gasteiger partial charge in [-0.3, -0.25) is 0 Å². The molecule has 7 heteroatoms. The summed E-state index contributed by atoms with van der Waals surface area (Å²) in [4.78, 5) is 16.5. The molecule has 1 N–H and O–H groups in total. The van der Waals surface area contributed by atoms with Gasteiger partial charge in [-0.05, 0) is 37.0 Å². The molecule has 0 unspecified atom stereocenters. The molecule has 6 nitrogen and oxygen atoms in total. The first-order chi connectivity index (χ1) is 10.5. The van der Waals surface area contributed by atoms with E-state index in [2.05, 4.69) is 5.48 Å². The smallest absolute Gasteiger partial charge is 0.179 e. The van der Waals surface area contributed by atoms with Crippen LogP contribution in [-0.2, 0) is 19.5 Å².